The lowest BCUT2D eigenvalue weighted by molar-refractivity contribution is -0.232. The van der Waals surface area contributed by atoms with Crippen LogP contribution < -0.4 is 0 Å². The number of ether oxygens (including phenoxy) is 4. The van der Waals surface area contributed by atoms with Gasteiger partial charge in [-0.2, -0.15) is 0 Å². The number of carbonyl (C=O) groups excluding carboxylic acids is 3. The minimum Gasteiger partial charge on any atom is -0.444 e. The van der Waals surface area contributed by atoms with Crippen molar-refractivity contribution in [2.75, 3.05) is 6.61 Å². The van der Waals surface area contributed by atoms with E-state index in [4.69, 9.17) is 18.9 Å². The largest absolute Gasteiger partial charge is 0.509 e. The molecule has 1 amide bonds. The molecule has 1 aliphatic carbocycles. The van der Waals surface area contributed by atoms with Crippen LogP contribution in [-0.2, 0) is 23.7 Å². The van der Waals surface area contributed by atoms with E-state index >= 15 is 0 Å². The number of rotatable bonds is 2. The standard InChI is InChI=1S/C22H31NO8/c1-8-9-22-13-11-28-16(17(22)29-19(27)31-21(5,6)7)12(10-24)15(25)14(13)23(22)18(26)30-20(2,3)4/h10,12-17,25H,11H2,1-7H3/t12?,13?,14-,15?,16?,17?,22?/m1/s1. The average molecular weight is 437 g/mol. The number of fused-ring (bicyclic) bond motifs is 2. The van der Waals surface area contributed by atoms with Gasteiger partial charge in [0.1, 0.15) is 23.6 Å². The Morgan fingerprint density at radius 2 is 1.77 bits per heavy atom. The number of hydrogen-bond acceptors (Lipinski definition) is 8. The summed E-state index contributed by atoms with van der Waals surface area (Å²) in [5.74, 6) is 4.36. The average Bonchev–Trinajstić information content (AvgIpc) is 2.78. The van der Waals surface area contributed by atoms with Crippen LogP contribution in [0.2, 0.25) is 0 Å². The number of amides is 1. The van der Waals surface area contributed by atoms with Crippen molar-refractivity contribution in [3.8, 4) is 11.8 Å². The molecule has 4 fully saturated rings. The number of carbonyl (C=O) groups is 3. The van der Waals surface area contributed by atoms with E-state index in [2.05, 4.69) is 11.8 Å². The van der Waals surface area contributed by atoms with Gasteiger partial charge in [0.05, 0.1) is 24.7 Å². The van der Waals surface area contributed by atoms with Crippen LogP contribution in [0.25, 0.3) is 0 Å². The lowest BCUT2D eigenvalue weighted by atomic mass is 9.64. The van der Waals surface area contributed by atoms with Crippen molar-refractivity contribution in [2.45, 2.75) is 89.6 Å². The zero-order valence-corrected chi connectivity index (χ0v) is 19.0. The van der Waals surface area contributed by atoms with E-state index in [1.54, 1.807) is 48.5 Å². The van der Waals surface area contributed by atoms with Crippen LogP contribution in [0.4, 0.5) is 9.59 Å². The second-order valence-corrected chi connectivity index (χ2v) is 10.2. The maximum atomic E-state index is 13.2. The molecule has 1 N–H and O–H groups in total. The third-order valence-corrected chi connectivity index (χ3v) is 5.68. The van der Waals surface area contributed by atoms with Gasteiger partial charge in [-0.1, -0.05) is 5.92 Å². The van der Waals surface area contributed by atoms with Crippen LogP contribution in [-0.4, -0.2) is 76.2 Å². The molecule has 172 valence electrons. The normalized spacial score (nSPS) is 36.3. The second-order valence-electron chi connectivity index (χ2n) is 10.2. The maximum absolute atomic E-state index is 13.2. The predicted octanol–water partition coefficient (Wildman–Crippen LogP) is 1.89. The van der Waals surface area contributed by atoms with Gasteiger partial charge >= 0.3 is 12.2 Å². The Labute approximate surface area is 182 Å². The number of hydrogen-bond donors (Lipinski definition) is 1. The van der Waals surface area contributed by atoms with Crippen LogP contribution >= 0.6 is 0 Å². The van der Waals surface area contributed by atoms with Gasteiger partial charge in [-0.25, -0.2) is 9.59 Å². The van der Waals surface area contributed by atoms with Crippen molar-refractivity contribution < 1.29 is 38.4 Å². The van der Waals surface area contributed by atoms with E-state index in [0.29, 0.717) is 6.29 Å². The molecule has 6 unspecified atom stereocenters. The van der Waals surface area contributed by atoms with Gasteiger partial charge in [-0.05, 0) is 48.5 Å². The molecular formula is C22H31NO8. The first-order valence-corrected chi connectivity index (χ1v) is 10.4. The Morgan fingerprint density at radius 3 is 2.29 bits per heavy atom. The third kappa shape index (κ3) is 3.87. The Balaban J connectivity index is 2.09. The van der Waals surface area contributed by atoms with Gasteiger partial charge in [0.25, 0.3) is 0 Å². The fraction of sp³-hybridized carbons (Fsp3) is 0.773. The zero-order valence-electron chi connectivity index (χ0n) is 19.0. The fourth-order valence-electron chi connectivity index (χ4n) is 4.74. The number of aldehydes is 1. The van der Waals surface area contributed by atoms with Crippen molar-refractivity contribution in [3.05, 3.63) is 0 Å². The second kappa shape index (κ2) is 7.68. The highest BCUT2D eigenvalue weighted by Gasteiger charge is 2.77. The van der Waals surface area contributed by atoms with Gasteiger partial charge in [0.15, 0.2) is 11.6 Å². The van der Waals surface area contributed by atoms with Crippen LogP contribution in [0, 0.1) is 23.7 Å². The van der Waals surface area contributed by atoms with Crippen molar-refractivity contribution in [1.29, 1.82) is 0 Å². The van der Waals surface area contributed by atoms with Gasteiger partial charge < -0.3 is 28.8 Å². The van der Waals surface area contributed by atoms with Crippen molar-refractivity contribution in [2.24, 2.45) is 11.8 Å². The molecule has 3 saturated heterocycles. The van der Waals surface area contributed by atoms with Gasteiger partial charge in [0, 0.05) is 5.92 Å². The number of aliphatic hydroxyl groups is 1. The molecular weight excluding hydrogens is 406 g/mol. The minimum atomic E-state index is -1.31. The summed E-state index contributed by atoms with van der Waals surface area (Å²) < 4.78 is 22.4. The summed E-state index contributed by atoms with van der Waals surface area (Å²) >= 11 is 0. The van der Waals surface area contributed by atoms with E-state index in [0.717, 1.165) is 0 Å². The highest BCUT2D eigenvalue weighted by molar-refractivity contribution is 5.75. The zero-order chi connectivity index (χ0) is 23.4. The molecule has 7 atom stereocenters. The first kappa shape index (κ1) is 23.4. The highest BCUT2D eigenvalue weighted by atomic mass is 16.7. The van der Waals surface area contributed by atoms with Crippen LogP contribution in [0.15, 0.2) is 0 Å². The van der Waals surface area contributed by atoms with E-state index in [1.807, 2.05) is 0 Å². The van der Waals surface area contributed by atoms with Gasteiger partial charge in [0.2, 0.25) is 0 Å². The molecule has 0 spiro atoms. The Bertz CT molecular complexity index is 816. The summed E-state index contributed by atoms with van der Waals surface area (Å²) in [4.78, 5) is 39.0. The lowest BCUT2D eigenvalue weighted by Gasteiger charge is -2.63. The summed E-state index contributed by atoms with van der Waals surface area (Å²) in [6.45, 7) is 12.0. The molecule has 9 heteroatoms. The van der Waals surface area contributed by atoms with Crippen LogP contribution in [0.3, 0.4) is 0 Å². The Morgan fingerprint density at radius 1 is 1.16 bits per heavy atom. The molecule has 0 radical (unpaired) electrons. The molecule has 31 heavy (non-hydrogen) atoms. The maximum Gasteiger partial charge on any atom is 0.509 e. The molecule has 4 bridgehead atoms. The summed E-state index contributed by atoms with van der Waals surface area (Å²) in [7, 11) is 0. The molecule has 4 aliphatic rings. The third-order valence-electron chi connectivity index (χ3n) is 5.68. The van der Waals surface area contributed by atoms with E-state index in [9.17, 15) is 19.5 Å². The van der Waals surface area contributed by atoms with E-state index < -0.39 is 65.2 Å². The Hall–Kier alpha value is -2.31. The summed E-state index contributed by atoms with van der Waals surface area (Å²) in [5.41, 5.74) is -2.93. The summed E-state index contributed by atoms with van der Waals surface area (Å²) in [6, 6.07) is -0.761. The summed E-state index contributed by atoms with van der Waals surface area (Å²) in [5, 5.41) is 11.0. The number of aliphatic hydroxyl groups excluding tert-OH is 1. The quantitative estimate of drug-likeness (QED) is 0.396. The van der Waals surface area contributed by atoms with Crippen molar-refractivity contribution in [1.82, 2.24) is 4.90 Å². The van der Waals surface area contributed by atoms with Crippen molar-refractivity contribution in [3.63, 3.8) is 0 Å². The summed E-state index contributed by atoms with van der Waals surface area (Å²) in [6.07, 6.45) is -4.47. The van der Waals surface area contributed by atoms with Crippen molar-refractivity contribution >= 4 is 18.5 Å². The lowest BCUT2D eigenvalue weighted by Crippen LogP contribution is -2.83. The SMILES string of the molecule is CC#CC12C(OC(=O)OC(C)(C)C)C3OCC1[C@H](C(O)C3C=O)N2C(=O)OC(C)(C)C. The molecule has 3 aliphatic heterocycles. The predicted molar refractivity (Wildman–Crippen MR) is 108 cm³/mol. The smallest absolute Gasteiger partial charge is 0.444 e. The first-order chi connectivity index (χ1) is 14.3. The number of nitrogens with zero attached hydrogens (tertiary/aromatic N) is 1. The number of likely N-dealkylation sites (tertiary alicyclic amines) is 1. The van der Waals surface area contributed by atoms with Crippen LogP contribution in [0.5, 0.6) is 0 Å². The molecule has 1 saturated carbocycles. The topological polar surface area (TPSA) is 112 Å². The molecule has 3 heterocycles. The van der Waals surface area contributed by atoms with Gasteiger partial charge in [-0.3, -0.25) is 4.90 Å². The minimum absolute atomic E-state index is 0.152. The van der Waals surface area contributed by atoms with E-state index in [1.165, 1.54) is 4.90 Å². The molecule has 4 rings (SSSR count). The first-order valence-electron chi connectivity index (χ1n) is 10.4. The Kier molecular flexibility index (Phi) is 5.78. The molecule has 0 aromatic heterocycles. The van der Waals surface area contributed by atoms with Gasteiger partial charge in [-0.15, -0.1) is 5.92 Å². The monoisotopic (exact) mass is 437 g/mol. The molecule has 9 nitrogen and oxygen atoms in total. The molecule has 0 aromatic rings. The fourth-order valence-corrected chi connectivity index (χ4v) is 4.74. The molecule has 0 aromatic carbocycles. The highest BCUT2D eigenvalue weighted by Crippen LogP contribution is 2.56. The van der Waals surface area contributed by atoms with Crippen LogP contribution in [0.1, 0.15) is 48.5 Å². The van der Waals surface area contributed by atoms with E-state index in [-0.39, 0.29) is 6.61 Å².